The molecule has 2 aromatic rings. The molecule has 1 aromatic carbocycles. The van der Waals surface area contributed by atoms with Crippen molar-refractivity contribution in [2.75, 3.05) is 19.8 Å². The first kappa shape index (κ1) is 15.7. The summed E-state index contributed by atoms with van der Waals surface area (Å²) in [5.41, 5.74) is 0.900. The van der Waals surface area contributed by atoms with E-state index in [1.165, 1.54) is 11.3 Å². The molecule has 4 nitrogen and oxygen atoms in total. The van der Waals surface area contributed by atoms with E-state index in [2.05, 4.69) is 15.0 Å². The Morgan fingerprint density at radius 1 is 1.33 bits per heavy atom. The van der Waals surface area contributed by atoms with Gasteiger partial charge in [-0.2, -0.15) is 13.2 Å². The number of carbonyl (C=O) groups excluding carboxylic acids is 1. The van der Waals surface area contributed by atoms with Gasteiger partial charge in [-0.1, -0.05) is 12.1 Å². The van der Waals surface area contributed by atoms with Gasteiger partial charge in [-0.3, -0.25) is 4.79 Å². The van der Waals surface area contributed by atoms with Gasteiger partial charge in [0.1, 0.15) is 13.2 Å². The van der Waals surface area contributed by atoms with Gasteiger partial charge in [0.25, 0.3) is 0 Å². The van der Waals surface area contributed by atoms with Crippen molar-refractivity contribution in [2.45, 2.75) is 12.6 Å². The number of thiazole rings is 1. The molecule has 0 bridgehead atoms. The molecule has 0 unspecified atom stereocenters. The lowest BCUT2D eigenvalue weighted by Crippen LogP contribution is -2.31. The van der Waals surface area contributed by atoms with Crippen LogP contribution in [0.3, 0.4) is 0 Å². The van der Waals surface area contributed by atoms with Gasteiger partial charge in [-0.15, -0.1) is 11.3 Å². The largest absolute Gasteiger partial charge is 0.411 e. The van der Waals surface area contributed by atoms with Crippen LogP contribution in [0.5, 0.6) is 0 Å². The van der Waals surface area contributed by atoms with Crippen LogP contribution in [-0.2, 0) is 16.0 Å². The number of carbonyl (C=O) groups is 1. The topological polar surface area (TPSA) is 51.2 Å². The summed E-state index contributed by atoms with van der Waals surface area (Å²) in [6, 6.07) is 7.68. The van der Waals surface area contributed by atoms with Crippen molar-refractivity contribution >= 4 is 27.5 Å². The maximum Gasteiger partial charge on any atom is 0.411 e. The Morgan fingerprint density at radius 3 is 2.81 bits per heavy atom. The maximum atomic E-state index is 11.8. The average Bonchev–Trinajstić information content (AvgIpc) is 2.79. The van der Waals surface area contributed by atoms with Crippen LogP contribution in [0.2, 0.25) is 0 Å². The van der Waals surface area contributed by atoms with Gasteiger partial charge in [0.05, 0.1) is 15.2 Å². The number of benzene rings is 1. The first-order valence-electron chi connectivity index (χ1n) is 6.20. The third-order valence-corrected chi connectivity index (χ3v) is 3.59. The number of para-hydroxylation sites is 1. The summed E-state index contributed by atoms with van der Waals surface area (Å²) in [5.74, 6) is -0.569. The minimum atomic E-state index is -4.42. The molecular weight excluding hydrogens is 305 g/mol. The number of nitrogens with zero attached hydrogens (tertiary/aromatic N) is 1. The quantitative estimate of drug-likeness (QED) is 0.890. The predicted octanol–water partition coefficient (Wildman–Crippen LogP) is 2.53. The van der Waals surface area contributed by atoms with Crippen molar-refractivity contribution in [2.24, 2.45) is 0 Å². The van der Waals surface area contributed by atoms with Crippen molar-refractivity contribution < 1.29 is 22.7 Å². The fourth-order valence-electron chi connectivity index (χ4n) is 1.65. The van der Waals surface area contributed by atoms with Crippen molar-refractivity contribution in [3.8, 4) is 0 Å². The van der Waals surface area contributed by atoms with E-state index in [-0.39, 0.29) is 0 Å². The highest BCUT2D eigenvalue weighted by molar-refractivity contribution is 7.18. The number of hydrogen-bond acceptors (Lipinski definition) is 4. The van der Waals surface area contributed by atoms with Gasteiger partial charge < -0.3 is 10.1 Å². The number of halogens is 3. The summed E-state index contributed by atoms with van der Waals surface area (Å²) >= 11 is 1.53. The monoisotopic (exact) mass is 318 g/mol. The van der Waals surface area contributed by atoms with Crippen molar-refractivity contribution in [1.29, 1.82) is 0 Å². The van der Waals surface area contributed by atoms with E-state index < -0.39 is 25.3 Å². The molecular formula is C13H13F3N2O2S. The molecule has 1 N–H and O–H groups in total. The molecule has 0 aliphatic heterocycles. The van der Waals surface area contributed by atoms with Crippen LogP contribution in [0.4, 0.5) is 13.2 Å². The van der Waals surface area contributed by atoms with Crippen LogP contribution in [0.15, 0.2) is 24.3 Å². The van der Waals surface area contributed by atoms with E-state index in [0.717, 1.165) is 15.2 Å². The zero-order valence-electron chi connectivity index (χ0n) is 10.9. The van der Waals surface area contributed by atoms with E-state index in [9.17, 15) is 18.0 Å². The first-order chi connectivity index (χ1) is 9.94. The number of aromatic nitrogens is 1. The molecule has 0 spiro atoms. The standard InChI is InChI=1S/C13H13F3N2O2S/c14-13(15,16)8-20-7-11(19)17-6-5-12-18-9-3-1-2-4-10(9)21-12/h1-4H,5-8H2,(H,17,19). The highest BCUT2D eigenvalue weighted by Gasteiger charge is 2.27. The molecule has 1 aromatic heterocycles. The van der Waals surface area contributed by atoms with Crippen LogP contribution in [-0.4, -0.2) is 36.8 Å². The molecule has 0 aliphatic carbocycles. The van der Waals surface area contributed by atoms with Crippen LogP contribution in [0.1, 0.15) is 5.01 Å². The molecule has 0 radical (unpaired) electrons. The minimum Gasteiger partial charge on any atom is -0.362 e. The maximum absolute atomic E-state index is 11.8. The first-order valence-corrected chi connectivity index (χ1v) is 7.01. The lowest BCUT2D eigenvalue weighted by Gasteiger charge is -2.07. The molecule has 2 rings (SSSR count). The number of nitrogens with one attached hydrogen (secondary N) is 1. The fraction of sp³-hybridized carbons (Fsp3) is 0.385. The van der Waals surface area contributed by atoms with Crippen LogP contribution >= 0.6 is 11.3 Å². The van der Waals surface area contributed by atoms with E-state index in [0.29, 0.717) is 13.0 Å². The number of ether oxygens (including phenoxy) is 1. The summed E-state index contributed by atoms with van der Waals surface area (Å²) in [7, 11) is 0. The van der Waals surface area contributed by atoms with E-state index in [1.807, 2.05) is 24.3 Å². The Bertz CT molecular complexity index is 580. The molecule has 1 heterocycles. The fourth-order valence-corrected chi connectivity index (χ4v) is 2.61. The number of amides is 1. The Kier molecular flexibility index (Phi) is 5.13. The SMILES string of the molecule is O=C(COCC(F)(F)F)NCCc1nc2ccccc2s1. The summed E-state index contributed by atoms with van der Waals surface area (Å²) in [4.78, 5) is 15.7. The third kappa shape index (κ3) is 5.31. The van der Waals surface area contributed by atoms with Gasteiger partial charge in [-0.25, -0.2) is 4.98 Å². The van der Waals surface area contributed by atoms with Gasteiger partial charge >= 0.3 is 6.18 Å². The predicted molar refractivity (Wildman–Crippen MR) is 73.2 cm³/mol. The molecule has 114 valence electrons. The number of alkyl halides is 3. The highest BCUT2D eigenvalue weighted by Crippen LogP contribution is 2.21. The van der Waals surface area contributed by atoms with Gasteiger partial charge in [0, 0.05) is 13.0 Å². The lowest BCUT2D eigenvalue weighted by molar-refractivity contribution is -0.175. The van der Waals surface area contributed by atoms with E-state index in [4.69, 9.17) is 0 Å². The second kappa shape index (κ2) is 6.86. The zero-order chi connectivity index (χ0) is 15.3. The van der Waals surface area contributed by atoms with Crippen molar-refractivity contribution in [3.63, 3.8) is 0 Å². The molecule has 0 saturated heterocycles. The van der Waals surface area contributed by atoms with Gasteiger partial charge in [0.15, 0.2) is 0 Å². The summed E-state index contributed by atoms with van der Waals surface area (Å²) in [6.07, 6.45) is -3.88. The molecule has 8 heteroatoms. The molecule has 21 heavy (non-hydrogen) atoms. The Morgan fingerprint density at radius 2 is 2.10 bits per heavy atom. The minimum absolute atomic E-state index is 0.314. The van der Waals surface area contributed by atoms with E-state index >= 15 is 0 Å². The van der Waals surface area contributed by atoms with Gasteiger partial charge in [0.2, 0.25) is 5.91 Å². The van der Waals surface area contributed by atoms with Crippen LogP contribution < -0.4 is 5.32 Å². The second-order valence-corrected chi connectivity index (χ2v) is 5.40. The number of fused-ring (bicyclic) bond motifs is 1. The molecule has 0 aliphatic rings. The molecule has 1 amide bonds. The Hall–Kier alpha value is -1.67. The van der Waals surface area contributed by atoms with Crippen molar-refractivity contribution in [3.05, 3.63) is 29.3 Å². The Balaban J connectivity index is 1.70. The second-order valence-electron chi connectivity index (χ2n) is 4.28. The molecule has 0 fully saturated rings. The highest BCUT2D eigenvalue weighted by atomic mass is 32.1. The van der Waals surface area contributed by atoms with E-state index in [1.54, 1.807) is 0 Å². The summed E-state index contributed by atoms with van der Waals surface area (Å²) in [5, 5.41) is 3.37. The summed E-state index contributed by atoms with van der Waals surface area (Å²) < 4.78 is 40.8. The van der Waals surface area contributed by atoms with Crippen LogP contribution in [0, 0.1) is 0 Å². The number of rotatable bonds is 6. The smallest absolute Gasteiger partial charge is 0.362 e. The molecule has 0 saturated carbocycles. The number of hydrogen-bond donors (Lipinski definition) is 1. The van der Waals surface area contributed by atoms with Gasteiger partial charge in [-0.05, 0) is 12.1 Å². The van der Waals surface area contributed by atoms with Crippen molar-refractivity contribution in [1.82, 2.24) is 10.3 Å². The van der Waals surface area contributed by atoms with Crippen LogP contribution in [0.25, 0.3) is 10.2 Å². The Labute approximate surface area is 122 Å². The summed E-state index contributed by atoms with van der Waals surface area (Å²) in [6.45, 7) is -1.70. The average molecular weight is 318 g/mol. The molecule has 0 atom stereocenters. The third-order valence-electron chi connectivity index (χ3n) is 2.50. The zero-order valence-corrected chi connectivity index (χ0v) is 11.8. The normalized spacial score (nSPS) is 11.8. The lowest BCUT2D eigenvalue weighted by atomic mass is 10.3.